The maximum atomic E-state index is 12.4. The highest BCUT2D eigenvalue weighted by Crippen LogP contribution is 2.27. The SMILES string of the molecule is CC(=NNS(=O)(=O)c1ccc(C(C)(C)C)cc1)c1c(O)cccc1O. The van der Waals surface area contributed by atoms with Crippen molar-refractivity contribution in [2.75, 3.05) is 0 Å². The molecular formula is C18H22N2O4S. The molecule has 6 nitrogen and oxygen atoms in total. The van der Waals surface area contributed by atoms with Gasteiger partial charge in [-0.25, -0.2) is 0 Å². The van der Waals surface area contributed by atoms with Gasteiger partial charge in [-0.05, 0) is 42.2 Å². The molecule has 0 saturated carbocycles. The predicted octanol–water partition coefficient (Wildman–Crippen LogP) is 3.10. The van der Waals surface area contributed by atoms with Crippen LogP contribution in [0.4, 0.5) is 0 Å². The van der Waals surface area contributed by atoms with Crippen molar-refractivity contribution < 1.29 is 18.6 Å². The number of nitrogens with zero attached hydrogens (tertiary/aromatic N) is 1. The molecule has 2 aromatic carbocycles. The lowest BCUT2D eigenvalue weighted by Gasteiger charge is -2.19. The summed E-state index contributed by atoms with van der Waals surface area (Å²) in [5, 5.41) is 23.4. The van der Waals surface area contributed by atoms with E-state index in [0.717, 1.165) is 5.56 Å². The first-order valence-corrected chi connectivity index (χ1v) is 9.18. The average molecular weight is 362 g/mol. The minimum Gasteiger partial charge on any atom is -0.507 e. The van der Waals surface area contributed by atoms with Crippen LogP contribution in [-0.2, 0) is 15.4 Å². The van der Waals surface area contributed by atoms with Gasteiger partial charge in [-0.15, -0.1) is 0 Å². The normalized spacial score (nSPS) is 12.9. The molecule has 0 aliphatic heterocycles. The number of hydrogen-bond donors (Lipinski definition) is 3. The summed E-state index contributed by atoms with van der Waals surface area (Å²) in [5.74, 6) is -0.370. The van der Waals surface area contributed by atoms with Gasteiger partial charge < -0.3 is 10.2 Å². The van der Waals surface area contributed by atoms with Crippen LogP contribution in [0, 0.1) is 0 Å². The minimum atomic E-state index is -3.85. The Morgan fingerprint density at radius 1 is 1.00 bits per heavy atom. The Morgan fingerprint density at radius 2 is 1.52 bits per heavy atom. The molecule has 0 saturated heterocycles. The highest BCUT2D eigenvalue weighted by Gasteiger charge is 2.18. The highest BCUT2D eigenvalue weighted by atomic mass is 32.2. The maximum absolute atomic E-state index is 12.4. The van der Waals surface area contributed by atoms with Gasteiger partial charge in [0.25, 0.3) is 10.0 Å². The van der Waals surface area contributed by atoms with Gasteiger partial charge in [-0.2, -0.15) is 18.4 Å². The van der Waals surface area contributed by atoms with E-state index in [-0.39, 0.29) is 33.1 Å². The Bertz CT molecular complexity index is 875. The summed E-state index contributed by atoms with van der Waals surface area (Å²) in [6.07, 6.45) is 0. The van der Waals surface area contributed by atoms with Crippen LogP contribution in [0.5, 0.6) is 11.5 Å². The summed E-state index contributed by atoms with van der Waals surface area (Å²) in [5.41, 5.74) is 1.16. The Kier molecular flexibility index (Phi) is 5.08. The van der Waals surface area contributed by atoms with Crippen LogP contribution in [0.15, 0.2) is 52.5 Å². The van der Waals surface area contributed by atoms with Crippen molar-refractivity contribution in [3.63, 3.8) is 0 Å². The number of aromatic hydroxyl groups is 2. The summed E-state index contributed by atoms with van der Waals surface area (Å²) in [4.78, 5) is 2.21. The van der Waals surface area contributed by atoms with Gasteiger partial charge in [0.2, 0.25) is 0 Å². The van der Waals surface area contributed by atoms with Gasteiger partial charge in [0.05, 0.1) is 16.2 Å². The van der Waals surface area contributed by atoms with E-state index in [0.29, 0.717) is 0 Å². The molecule has 0 amide bonds. The fraction of sp³-hybridized carbons (Fsp3) is 0.278. The molecule has 0 aromatic heterocycles. The van der Waals surface area contributed by atoms with E-state index in [9.17, 15) is 18.6 Å². The molecule has 0 bridgehead atoms. The van der Waals surface area contributed by atoms with E-state index in [4.69, 9.17) is 0 Å². The number of benzene rings is 2. The standard InChI is InChI=1S/C18H22N2O4S/c1-12(17-15(21)6-5-7-16(17)22)19-20-25(23,24)14-10-8-13(9-11-14)18(2,3)4/h5-11,20-22H,1-4H3. The molecule has 134 valence electrons. The highest BCUT2D eigenvalue weighted by molar-refractivity contribution is 7.89. The molecule has 0 aliphatic rings. The number of phenolic OH excluding ortho intramolecular Hbond substituents is 2. The van der Waals surface area contributed by atoms with Gasteiger partial charge >= 0.3 is 0 Å². The molecular weight excluding hydrogens is 340 g/mol. The lowest BCUT2D eigenvalue weighted by atomic mass is 9.87. The zero-order valence-corrected chi connectivity index (χ0v) is 15.4. The second kappa shape index (κ2) is 6.76. The lowest BCUT2D eigenvalue weighted by Crippen LogP contribution is -2.20. The number of hydrogen-bond acceptors (Lipinski definition) is 5. The summed E-state index contributed by atoms with van der Waals surface area (Å²) in [7, 11) is -3.85. The molecule has 0 heterocycles. The minimum absolute atomic E-state index is 0.0766. The van der Waals surface area contributed by atoms with E-state index >= 15 is 0 Å². The second-order valence-electron chi connectivity index (χ2n) is 6.74. The van der Waals surface area contributed by atoms with Crippen LogP contribution in [0.25, 0.3) is 0 Å². The smallest absolute Gasteiger partial charge is 0.276 e. The molecule has 0 radical (unpaired) electrons. The Balaban J connectivity index is 2.27. The Labute approximate surface area is 147 Å². The van der Waals surface area contributed by atoms with Crippen molar-refractivity contribution in [3.8, 4) is 11.5 Å². The largest absolute Gasteiger partial charge is 0.507 e. The van der Waals surface area contributed by atoms with Gasteiger partial charge in [0.1, 0.15) is 11.5 Å². The first-order chi connectivity index (χ1) is 11.5. The van der Waals surface area contributed by atoms with Crippen molar-refractivity contribution in [3.05, 3.63) is 53.6 Å². The number of nitrogens with one attached hydrogen (secondary N) is 1. The fourth-order valence-electron chi connectivity index (χ4n) is 2.27. The Hall–Kier alpha value is -2.54. The quantitative estimate of drug-likeness (QED) is 0.575. The number of hydrazone groups is 1. The zero-order valence-electron chi connectivity index (χ0n) is 14.6. The summed E-state index contributed by atoms with van der Waals surface area (Å²) >= 11 is 0. The number of phenols is 2. The topological polar surface area (TPSA) is 99.0 Å². The first kappa shape index (κ1) is 18.8. The van der Waals surface area contributed by atoms with Gasteiger partial charge in [-0.1, -0.05) is 39.0 Å². The average Bonchev–Trinajstić information content (AvgIpc) is 2.52. The summed E-state index contributed by atoms with van der Waals surface area (Å²) in [6.45, 7) is 7.61. The summed E-state index contributed by atoms with van der Waals surface area (Å²) in [6, 6.07) is 10.8. The molecule has 0 fully saturated rings. The molecule has 7 heteroatoms. The monoisotopic (exact) mass is 362 g/mol. The molecule has 0 aliphatic carbocycles. The third-order valence-electron chi connectivity index (χ3n) is 3.75. The molecule has 0 unspecified atom stereocenters. The first-order valence-electron chi connectivity index (χ1n) is 7.70. The van der Waals surface area contributed by atoms with Crippen molar-refractivity contribution in [1.82, 2.24) is 4.83 Å². The predicted molar refractivity (Wildman–Crippen MR) is 97.4 cm³/mol. The van der Waals surface area contributed by atoms with E-state index < -0.39 is 10.0 Å². The Morgan fingerprint density at radius 3 is 2.00 bits per heavy atom. The van der Waals surface area contributed by atoms with Gasteiger partial charge in [0, 0.05) is 0 Å². The van der Waals surface area contributed by atoms with Crippen LogP contribution in [0.2, 0.25) is 0 Å². The van der Waals surface area contributed by atoms with Crippen molar-refractivity contribution in [2.24, 2.45) is 5.10 Å². The zero-order chi connectivity index (χ0) is 18.8. The molecule has 2 aromatic rings. The third kappa shape index (κ3) is 4.30. The molecule has 0 spiro atoms. The van der Waals surface area contributed by atoms with Crippen molar-refractivity contribution in [1.29, 1.82) is 0 Å². The summed E-state index contributed by atoms with van der Waals surface area (Å²) < 4.78 is 24.7. The molecule has 25 heavy (non-hydrogen) atoms. The van der Waals surface area contributed by atoms with E-state index in [1.807, 2.05) is 20.8 Å². The van der Waals surface area contributed by atoms with Gasteiger partial charge in [-0.3, -0.25) is 0 Å². The van der Waals surface area contributed by atoms with E-state index in [2.05, 4.69) is 9.93 Å². The number of sulfonamides is 1. The van der Waals surface area contributed by atoms with Gasteiger partial charge in [0.15, 0.2) is 0 Å². The molecule has 0 atom stereocenters. The molecule has 3 N–H and O–H groups in total. The fourth-order valence-corrected chi connectivity index (χ4v) is 3.13. The number of rotatable bonds is 4. The van der Waals surface area contributed by atoms with Crippen LogP contribution >= 0.6 is 0 Å². The second-order valence-corrected chi connectivity index (χ2v) is 8.40. The van der Waals surface area contributed by atoms with Crippen LogP contribution in [-0.4, -0.2) is 24.3 Å². The van der Waals surface area contributed by atoms with Crippen LogP contribution in [0.1, 0.15) is 38.8 Å². The maximum Gasteiger partial charge on any atom is 0.276 e. The van der Waals surface area contributed by atoms with E-state index in [1.54, 1.807) is 12.1 Å². The van der Waals surface area contributed by atoms with Crippen LogP contribution < -0.4 is 4.83 Å². The molecule has 2 rings (SSSR count). The van der Waals surface area contributed by atoms with Crippen molar-refractivity contribution in [2.45, 2.75) is 38.0 Å². The van der Waals surface area contributed by atoms with E-state index in [1.165, 1.54) is 37.3 Å². The van der Waals surface area contributed by atoms with Crippen molar-refractivity contribution >= 4 is 15.7 Å². The van der Waals surface area contributed by atoms with Crippen LogP contribution in [0.3, 0.4) is 0 Å². The lowest BCUT2D eigenvalue weighted by molar-refractivity contribution is 0.448. The third-order valence-corrected chi connectivity index (χ3v) is 4.97.